The first kappa shape index (κ1) is 21.4. The fraction of sp³-hybridized carbons (Fsp3) is 0.444. The number of para-hydroxylation sites is 3. The minimum atomic E-state index is -0.0252. The first-order chi connectivity index (χ1) is 16.7. The van der Waals surface area contributed by atoms with Gasteiger partial charge in [0.15, 0.2) is 0 Å². The predicted molar refractivity (Wildman–Crippen MR) is 130 cm³/mol. The standard InChI is InChI=1S/C27H30N4O3/c32-25-15-20(16-29(25)17-21-9-6-14-34-21)27-28-22-10-2-4-12-24(22)31(27)18-26(33)30-13-5-8-19-7-1-3-11-23(19)30/h1-4,7,10-12,20-21H,5-6,8-9,13-18H2/t20-,21-/m0/s1. The third kappa shape index (κ3) is 3.88. The number of carbonyl (C=O) groups is 2. The van der Waals surface area contributed by atoms with E-state index in [0.717, 1.165) is 61.4 Å². The van der Waals surface area contributed by atoms with E-state index >= 15 is 0 Å². The molecule has 7 heteroatoms. The Morgan fingerprint density at radius 2 is 1.94 bits per heavy atom. The Balaban J connectivity index is 1.29. The van der Waals surface area contributed by atoms with Crippen LogP contribution in [0.3, 0.4) is 0 Å². The number of hydrogen-bond acceptors (Lipinski definition) is 4. The van der Waals surface area contributed by atoms with Crippen molar-refractivity contribution in [3.63, 3.8) is 0 Å². The van der Waals surface area contributed by atoms with Gasteiger partial charge in [0, 0.05) is 44.3 Å². The van der Waals surface area contributed by atoms with Crippen LogP contribution in [0.2, 0.25) is 0 Å². The molecule has 2 fully saturated rings. The van der Waals surface area contributed by atoms with Gasteiger partial charge in [-0.1, -0.05) is 30.3 Å². The first-order valence-electron chi connectivity index (χ1n) is 12.4. The Hall–Kier alpha value is -3.19. The topological polar surface area (TPSA) is 67.7 Å². The molecule has 0 aliphatic carbocycles. The Labute approximate surface area is 199 Å². The zero-order valence-corrected chi connectivity index (χ0v) is 19.4. The van der Waals surface area contributed by atoms with E-state index in [-0.39, 0.29) is 30.4 Å². The highest BCUT2D eigenvalue weighted by Gasteiger charge is 2.36. The number of aryl methyl sites for hydroxylation is 1. The number of anilines is 1. The number of imidazole rings is 1. The molecule has 34 heavy (non-hydrogen) atoms. The van der Waals surface area contributed by atoms with Crippen molar-refractivity contribution in [2.75, 3.05) is 31.1 Å². The number of aromatic nitrogens is 2. The smallest absolute Gasteiger partial charge is 0.246 e. The van der Waals surface area contributed by atoms with Crippen LogP contribution in [0.15, 0.2) is 48.5 Å². The Morgan fingerprint density at radius 3 is 2.82 bits per heavy atom. The summed E-state index contributed by atoms with van der Waals surface area (Å²) in [6.07, 6.45) is 4.62. The largest absolute Gasteiger partial charge is 0.376 e. The molecule has 0 saturated carbocycles. The summed E-state index contributed by atoms with van der Waals surface area (Å²) in [5, 5.41) is 0. The van der Waals surface area contributed by atoms with Crippen molar-refractivity contribution >= 4 is 28.5 Å². The van der Waals surface area contributed by atoms with Crippen molar-refractivity contribution in [3.8, 4) is 0 Å². The van der Waals surface area contributed by atoms with Crippen molar-refractivity contribution in [3.05, 3.63) is 59.9 Å². The van der Waals surface area contributed by atoms with Crippen molar-refractivity contribution in [2.24, 2.45) is 0 Å². The van der Waals surface area contributed by atoms with Crippen LogP contribution in [0, 0.1) is 0 Å². The third-order valence-electron chi connectivity index (χ3n) is 7.42. The number of ether oxygens (including phenoxy) is 1. The van der Waals surface area contributed by atoms with Gasteiger partial charge in [0.05, 0.1) is 17.1 Å². The molecule has 0 unspecified atom stereocenters. The van der Waals surface area contributed by atoms with Crippen LogP contribution in [-0.2, 0) is 27.3 Å². The molecule has 0 spiro atoms. The van der Waals surface area contributed by atoms with Gasteiger partial charge >= 0.3 is 0 Å². The summed E-state index contributed by atoms with van der Waals surface area (Å²) in [7, 11) is 0. The summed E-state index contributed by atoms with van der Waals surface area (Å²) in [5.74, 6) is 1.03. The van der Waals surface area contributed by atoms with E-state index in [9.17, 15) is 9.59 Å². The van der Waals surface area contributed by atoms with Gasteiger partial charge in [0.25, 0.3) is 0 Å². The highest BCUT2D eigenvalue weighted by atomic mass is 16.5. The van der Waals surface area contributed by atoms with Crippen molar-refractivity contribution in [1.82, 2.24) is 14.5 Å². The number of carbonyl (C=O) groups excluding carboxylic acids is 2. The van der Waals surface area contributed by atoms with Crippen LogP contribution in [0.1, 0.15) is 43.0 Å². The summed E-state index contributed by atoms with van der Waals surface area (Å²) < 4.78 is 7.80. The van der Waals surface area contributed by atoms with E-state index in [4.69, 9.17) is 9.72 Å². The van der Waals surface area contributed by atoms with Gasteiger partial charge in [-0.05, 0) is 49.4 Å². The molecule has 0 radical (unpaired) electrons. The van der Waals surface area contributed by atoms with Crippen molar-refractivity contribution in [2.45, 2.75) is 50.7 Å². The zero-order valence-electron chi connectivity index (χ0n) is 19.4. The highest BCUT2D eigenvalue weighted by molar-refractivity contribution is 5.95. The van der Waals surface area contributed by atoms with Gasteiger partial charge < -0.3 is 19.1 Å². The van der Waals surface area contributed by atoms with Crippen LogP contribution in [-0.4, -0.2) is 58.6 Å². The van der Waals surface area contributed by atoms with E-state index in [1.807, 2.05) is 56.8 Å². The highest BCUT2D eigenvalue weighted by Crippen LogP contribution is 2.32. The van der Waals surface area contributed by atoms with Gasteiger partial charge in [-0.3, -0.25) is 9.59 Å². The monoisotopic (exact) mass is 458 g/mol. The van der Waals surface area contributed by atoms with Gasteiger partial charge in [-0.25, -0.2) is 4.98 Å². The second-order valence-electron chi connectivity index (χ2n) is 9.66. The Kier molecular flexibility index (Phi) is 5.57. The second kappa shape index (κ2) is 8.87. The summed E-state index contributed by atoms with van der Waals surface area (Å²) in [6.45, 7) is 3.02. The molecule has 6 rings (SSSR count). The molecule has 3 aliphatic rings. The van der Waals surface area contributed by atoms with Crippen LogP contribution < -0.4 is 4.90 Å². The molecular formula is C27H30N4O3. The molecule has 2 atom stereocenters. The molecule has 1 aromatic heterocycles. The molecule has 2 saturated heterocycles. The van der Waals surface area contributed by atoms with E-state index in [2.05, 4.69) is 6.07 Å². The molecule has 0 N–H and O–H groups in total. The predicted octanol–water partition coefficient (Wildman–Crippen LogP) is 3.51. The molecule has 3 aromatic rings. The second-order valence-corrected chi connectivity index (χ2v) is 9.66. The molecule has 4 heterocycles. The maximum atomic E-state index is 13.6. The zero-order chi connectivity index (χ0) is 23.1. The lowest BCUT2D eigenvalue weighted by Crippen LogP contribution is -2.38. The van der Waals surface area contributed by atoms with E-state index in [0.29, 0.717) is 19.5 Å². The number of nitrogens with zero attached hydrogens (tertiary/aromatic N) is 4. The number of benzene rings is 2. The molecular weight excluding hydrogens is 428 g/mol. The maximum absolute atomic E-state index is 13.6. The summed E-state index contributed by atoms with van der Waals surface area (Å²) in [5.41, 5.74) is 4.06. The lowest BCUT2D eigenvalue weighted by Gasteiger charge is -2.30. The van der Waals surface area contributed by atoms with Crippen LogP contribution in [0.25, 0.3) is 11.0 Å². The van der Waals surface area contributed by atoms with E-state index in [1.54, 1.807) is 0 Å². The maximum Gasteiger partial charge on any atom is 0.246 e. The van der Waals surface area contributed by atoms with Gasteiger partial charge in [-0.2, -0.15) is 0 Å². The summed E-state index contributed by atoms with van der Waals surface area (Å²) in [6, 6.07) is 16.1. The number of fused-ring (bicyclic) bond motifs is 2. The minimum Gasteiger partial charge on any atom is -0.376 e. The number of amides is 2. The summed E-state index contributed by atoms with van der Waals surface area (Å²) in [4.78, 5) is 35.2. The molecule has 2 amide bonds. The average Bonchev–Trinajstić information content (AvgIpc) is 3.59. The molecule has 2 aromatic carbocycles. The number of hydrogen-bond donors (Lipinski definition) is 0. The summed E-state index contributed by atoms with van der Waals surface area (Å²) >= 11 is 0. The molecule has 176 valence electrons. The molecule has 3 aliphatic heterocycles. The SMILES string of the molecule is O=C1C[C@H](c2nc3ccccc3n2CC(=O)N2CCCc3ccccc32)CN1C[C@@H]1CCCO1. The average molecular weight is 459 g/mol. The molecule has 0 bridgehead atoms. The quantitative estimate of drug-likeness (QED) is 0.587. The normalized spacial score (nSPS) is 22.5. The number of rotatable bonds is 5. The van der Waals surface area contributed by atoms with Gasteiger partial charge in [0.1, 0.15) is 12.4 Å². The van der Waals surface area contributed by atoms with Crippen molar-refractivity contribution < 1.29 is 14.3 Å². The van der Waals surface area contributed by atoms with Gasteiger partial charge in [0.2, 0.25) is 11.8 Å². The van der Waals surface area contributed by atoms with Crippen LogP contribution >= 0.6 is 0 Å². The van der Waals surface area contributed by atoms with E-state index < -0.39 is 0 Å². The lowest BCUT2D eigenvalue weighted by molar-refractivity contribution is -0.129. The lowest BCUT2D eigenvalue weighted by atomic mass is 10.0. The fourth-order valence-corrected chi connectivity index (χ4v) is 5.74. The Morgan fingerprint density at radius 1 is 1.09 bits per heavy atom. The molecule has 7 nitrogen and oxygen atoms in total. The number of likely N-dealkylation sites (tertiary alicyclic amines) is 1. The minimum absolute atomic E-state index is 0.0252. The van der Waals surface area contributed by atoms with E-state index in [1.165, 1.54) is 5.56 Å². The first-order valence-corrected chi connectivity index (χ1v) is 12.4. The van der Waals surface area contributed by atoms with Crippen molar-refractivity contribution in [1.29, 1.82) is 0 Å². The van der Waals surface area contributed by atoms with Gasteiger partial charge in [-0.15, -0.1) is 0 Å². The fourth-order valence-electron chi connectivity index (χ4n) is 5.74. The third-order valence-corrected chi connectivity index (χ3v) is 7.42. The van der Waals surface area contributed by atoms with Crippen LogP contribution in [0.4, 0.5) is 5.69 Å². The Bertz CT molecular complexity index is 1230. The van der Waals surface area contributed by atoms with Crippen LogP contribution in [0.5, 0.6) is 0 Å².